The molecule has 0 aromatic rings. The maximum absolute atomic E-state index is 11.1. The second-order valence-corrected chi connectivity index (χ2v) is 5.94. The van der Waals surface area contributed by atoms with Crippen LogP contribution >= 0.6 is 15.4 Å². The van der Waals surface area contributed by atoms with E-state index >= 15 is 0 Å². The van der Waals surface area contributed by atoms with Crippen molar-refractivity contribution in [3.05, 3.63) is 0 Å². The predicted molar refractivity (Wildman–Crippen MR) is 41.9 cm³/mol. The van der Waals surface area contributed by atoms with Crippen LogP contribution in [0.15, 0.2) is 0 Å². The van der Waals surface area contributed by atoms with Crippen molar-refractivity contribution in [2.45, 2.75) is 18.7 Å². The molecule has 0 spiro atoms. The quantitative estimate of drug-likeness (QED) is 0.604. The highest BCUT2D eigenvalue weighted by atomic mass is 31.3. The lowest BCUT2D eigenvalue weighted by atomic mass is 10.4. The third-order valence-electron chi connectivity index (χ3n) is 1.49. The van der Waals surface area contributed by atoms with E-state index in [1.165, 1.54) is 0 Å². The highest BCUT2D eigenvalue weighted by Crippen LogP contribution is 2.61. The molecule has 1 saturated heterocycles. The highest BCUT2D eigenvalue weighted by Gasteiger charge is 2.41. The highest BCUT2D eigenvalue weighted by molar-refractivity contribution is 7.63. The van der Waals surface area contributed by atoms with Gasteiger partial charge in [-0.15, -0.1) is 0 Å². The lowest BCUT2D eigenvalue weighted by Crippen LogP contribution is -2.07. The molecule has 7 nitrogen and oxygen atoms in total. The summed E-state index contributed by atoms with van der Waals surface area (Å²) in [5.74, 6) is -1.11. The van der Waals surface area contributed by atoms with Crippen LogP contribution in [0.2, 0.25) is 0 Å². The summed E-state index contributed by atoms with van der Waals surface area (Å²) >= 11 is 0. The average Bonchev–Trinajstić information content (AvgIpc) is 2.29. The molecule has 0 saturated carbocycles. The molecule has 2 unspecified atom stereocenters. The van der Waals surface area contributed by atoms with Crippen LogP contribution in [0.5, 0.6) is 0 Å². The SMILES string of the molecule is O=P(O)(O)OP(=O)(O)C1CCCO1. The Labute approximate surface area is 74.5 Å². The molecule has 0 aromatic heterocycles. The van der Waals surface area contributed by atoms with Crippen molar-refractivity contribution in [2.75, 3.05) is 6.61 Å². The fourth-order valence-electron chi connectivity index (χ4n) is 1.02. The fraction of sp³-hybridized carbons (Fsp3) is 1.00. The van der Waals surface area contributed by atoms with Crippen LogP contribution in [0.25, 0.3) is 0 Å². The molecule has 3 N–H and O–H groups in total. The first-order valence-corrected chi connectivity index (χ1v) is 6.70. The third kappa shape index (κ3) is 3.48. The Bertz CT molecular complexity index is 264. The van der Waals surface area contributed by atoms with Crippen molar-refractivity contribution in [3.63, 3.8) is 0 Å². The van der Waals surface area contributed by atoms with E-state index < -0.39 is 21.3 Å². The van der Waals surface area contributed by atoms with Gasteiger partial charge in [0, 0.05) is 6.61 Å². The van der Waals surface area contributed by atoms with Gasteiger partial charge >= 0.3 is 15.4 Å². The minimum Gasteiger partial charge on any atom is -0.366 e. The summed E-state index contributed by atoms with van der Waals surface area (Å²) in [6, 6.07) is 0. The van der Waals surface area contributed by atoms with E-state index in [4.69, 9.17) is 19.4 Å². The van der Waals surface area contributed by atoms with Crippen molar-refractivity contribution in [2.24, 2.45) is 0 Å². The molecule has 0 bridgehead atoms. The first kappa shape index (κ1) is 11.3. The minimum absolute atomic E-state index is 0.272. The zero-order valence-electron chi connectivity index (χ0n) is 6.57. The van der Waals surface area contributed by atoms with Gasteiger partial charge in [0.25, 0.3) is 0 Å². The molecule has 1 fully saturated rings. The second kappa shape index (κ2) is 3.79. The fourth-order valence-corrected chi connectivity index (χ4v) is 3.47. The number of phosphoric acid groups is 1. The second-order valence-electron chi connectivity index (χ2n) is 2.60. The number of rotatable bonds is 3. The summed E-state index contributed by atoms with van der Waals surface area (Å²) in [5, 5.41) is 0. The normalized spacial score (nSPS) is 28.7. The third-order valence-corrected chi connectivity index (χ3v) is 4.41. The zero-order valence-corrected chi connectivity index (χ0v) is 8.36. The Kier molecular flexibility index (Phi) is 3.30. The smallest absolute Gasteiger partial charge is 0.366 e. The van der Waals surface area contributed by atoms with Crippen LogP contribution in [0.1, 0.15) is 12.8 Å². The Hall–Kier alpha value is 0.260. The molecule has 0 radical (unpaired) electrons. The lowest BCUT2D eigenvalue weighted by Gasteiger charge is -2.17. The number of hydrogen-bond acceptors (Lipinski definition) is 4. The zero-order chi connectivity index (χ0) is 10.1. The molecule has 0 aliphatic carbocycles. The van der Waals surface area contributed by atoms with Crippen molar-refractivity contribution < 1.29 is 32.9 Å². The van der Waals surface area contributed by atoms with E-state index in [0.29, 0.717) is 13.0 Å². The Morgan fingerprint density at radius 3 is 2.31 bits per heavy atom. The minimum atomic E-state index is -4.93. The van der Waals surface area contributed by atoms with Gasteiger partial charge in [-0.25, -0.2) is 8.88 Å². The molecule has 9 heteroatoms. The van der Waals surface area contributed by atoms with Gasteiger partial charge in [0.1, 0.15) is 0 Å². The van der Waals surface area contributed by atoms with E-state index in [1.807, 2.05) is 0 Å². The molecule has 78 valence electrons. The Morgan fingerprint density at radius 1 is 1.31 bits per heavy atom. The molecule has 13 heavy (non-hydrogen) atoms. The van der Waals surface area contributed by atoms with Gasteiger partial charge in [-0.05, 0) is 12.8 Å². The Morgan fingerprint density at radius 2 is 1.92 bits per heavy atom. The topological polar surface area (TPSA) is 113 Å². The van der Waals surface area contributed by atoms with Gasteiger partial charge < -0.3 is 19.4 Å². The number of hydrogen-bond donors (Lipinski definition) is 3. The van der Waals surface area contributed by atoms with Crippen LogP contribution in [-0.4, -0.2) is 27.1 Å². The van der Waals surface area contributed by atoms with E-state index in [-0.39, 0.29) is 6.42 Å². The average molecular weight is 232 g/mol. The van der Waals surface area contributed by atoms with Gasteiger partial charge in [0.05, 0.1) is 0 Å². The first-order valence-electron chi connectivity index (χ1n) is 3.52. The largest absolute Gasteiger partial charge is 0.476 e. The van der Waals surface area contributed by atoms with Gasteiger partial charge in [-0.1, -0.05) is 0 Å². The van der Waals surface area contributed by atoms with Crippen LogP contribution in [-0.2, 0) is 18.2 Å². The summed E-state index contributed by atoms with van der Waals surface area (Å²) in [5.41, 5.74) is 0. The van der Waals surface area contributed by atoms with Crippen LogP contribution in [0.3, 0.4) is 0 Å². The van der Waals surface area contributed by atoms with Gasteiger partial charge in [-0.3, -0.25) is 4.57 Å². The number of ether oxygens (including phenoxy) is 1. The van der Waals surface area contributed by atoms with Crippen LogP contribution < -0.4 is 0 Å². The summed E-state index contributed by atoms with van der Waals surface area (Å²) in [7, 11) is -9.28. The molecule has 1 aliphatic heterocycles. The molecular formula is C4H10O7P2. The van der Waals surface area contributed by atoms with Crippen molar-refractivity contribution >= 4 is 15.4 Å². The molecule has 0 amide bonds. The van der Waals surface area contributed by atoms with Crippen molar-refractivity contribution in [3.8, 4) is 0 Å². The predicted octanol–water partition coefficient (Wildman–Crippen LogP) is 0.418. The molecule has 1 heterocycles. The molecule has 2 atom stereocenters. The van der Waals surface area contributed by atoms with Crippen molar-refractivity contribution in [1.29, 1.82) is 0 Å². The molecule has 0 aromatic carbocycles. The van der Waals surface area contributed by atoms with E-state index in [2.05, 4.69) is 4.31 Å². The summed E-state index contributed by atoms with van der Waals surface area (Å²) < 4.78 is 30.0. The van der Waals surface area contributed by atoms with Gasteiger partial charge in [0.2, 0.25) is 0 Å². The molecular weight excluding hydrogens is 222 g/mol. The molecule has 1 rings (SSSR count). The van der Waals surface area contributed by atoms with Crippen LogP contribution in [0.4, 0.5) is 0 Å². The summed E-state index contributed by atoms with van der Waals surface area (Å²) in [6.07, 6.45) is 0.855. The monoisotopic (exact) mass is 232 g/mol. The van der Waals surface area contributed by atoms with Gasteiger partial charge in [0.15, 0.2) is 5.85 Å². The van der Waals surface area contributed by atoms with E-state index in [0.717, 1.165) is 0 Å². The maximum atomic E-state index is 11.1. The maximum Gasteiger partial charge on any atom is 0.476 e. The lowest BCUT2D eigenvalue weighted by molar-refractivity contribution is 0.137. The Balaban J connectivity index is 2.65. The first-order chi connectivity index (χ1) is 5.81. The standard InChI is InChI=1S/C4H10O7P2/c5-12(6,11-13(7,8)9)4-2-1-3-10-4/h4H,1-3H2,(H,5,6)(H2,7,8,9). The van der Waals surface area contributed by atoms with E-state index in [9.17, 15) is 9.13 Å². The van der Waals surface area contributed by atoms with E-state index in [1.54, 1.807) is 0 Å². The molecule has 1 aliphatic rings. The van der Waals surface area contributed by atoms with Crippen molar-refractivity contribution in [1.82, 2.24) is 0 Å². The van der Waals surface area contributed by atoms with Gasteiger partial charge in [-0.2, -0.15) is 0 Å². The summed E-state index contributed by atoms with van der Waals surface area (Å²) in [6.45, 7) is 0.305. The summed E-state index contributed by atoms with van der Waals surface area (Å²) in [4.78, 5) is 25.7. The van der Waals surface area contributed by atoms with Crippen LogP contribution in [0, 0.1) is 0 Å².